The standard InChI is InChI=1S/C11H17N5O2S/c1-15-8-7(9(17)16(2)11(15)18)13-10(14-8)12-5-4-6-19-3/h4-6H2,1-3H3,(H2,12,13,14). The summed E-state index contributed by atoms with van der Waals surface area (Å²) in [5.41, 5.74) is -0.0156. The van der Waals surface area contributed by atoms with Gasteiger partial charge in [0, 0.05) is 20.6 Å². The second kappa shape index (κ2) is 5.52. The minimum Gasteiger partial charge on any atom is -0.356 e. The highest BCUT2D eigenvalue weighted by Gasteiger charge is 2.12. The molecule has 2 heterocycles. The Morgan fingerprint density at radius 2 is 2.05 bits per heavy atom. The fourth-order valence-electron chi connectivity index (χ4n) is 1.83. The predicted octanol–water partition coefficient (Wildman–Crippen LogP) is 0.125. The van der Waals surface area contributed by atoms with Gasteiger partial charge in [-0.15, -0.1) is 0 Å². The molecule has 2 aromatic heterocycles. The number of thioether (sulfide) groups is 1. The first-order valence-corrected chi connectivity index (χ1v) is 7.34. The van der Waals surface area contributed by atoms with Crippen LogP contribution in [0.1, 0.15) is 6.42 Å². The molecule has 0 aliphatic heterocycles. The van der Waals surface area contributed by atoms with Crippen molar-refractivity contribution in [3.05, 3.63) is 20.8 Å². The topological polar surface area (TPSA) is 84.7 Å². The van der Waals surface area contributed by atoms with E-state index in [1.807, 2.05) is 0 Å². The summed E-state index contributed by atoms with van der Waals surface area (Å²) in [6, 6.07) is 0. The van der Waals surface area contributed by atoms with Gasteiger partial charge in [-0.1, -0.05) is 0 Å². The number of rotatable bonds is 5. The Balaban J connectivity index is 2.36. The molecule has 0 spiro atoms. The Morgan fingerprint density at radius 1 is 1.32 bits per heavy atom. The number of aromatic amines is 1. The molecule has 19 heavy (non-hydrogen) atoms. The van der Waals surface area contributed by atoms with Crippen molar-refractivity contribution in [3.63, 3.8) is 0 Å². The van der Waals surface area contributed by atoms with Crippen molar-refractivity contribution in [3.8, 4) is 0 Å². The molecule has 0 saturated carbocycles. The molecule has 2 aromatic rings. The molecule has 0 saturated heterocycles. The second-order valence-corrected chi connectivity index (χ2v) is 5.25. The van der Waals surface area contributed by atoms with E-state index >= 15 is 0 Å². The molecular formula is C11H17N5O2S. The second-order valence-electron chi connectivity index (χ2n) is 4.26. The van der Waals surface area contributed by atoms with Gasteiger partial charge in [-0.2, -0.15) is 16.7 Å². The van der Waals surface area contributed by atoms with Crippen LogP contribution in [0.2, 0.25) is 0 Å². The van der Waals surface area contributed by atoms with Crippen LogP contribution in [-0.2, 0) is 14.1 Å². The lowest BCUT2D eigenvalue weighted by Gasteiger charge is -2.00. The highest BCUT2D eigenvalue weighted by Crippen LogP contribution is 2.08. The monoisotopic (exact) mass is 283 g/mol. The third-order valence-electron chi connectivity index (χ3n) is 2.91. The first-order chi connectivity index (χ1) is 9.06. The minimum absolute atomic E-state index is 0.344. The molecule has 0 fully saturated rings. The number of aryl methyl sites for hydroxylation is 1. The molecule has 0 radical (unpaired) electrons. The molecule has 7 nitrogen and oxygen atoms in total. The SMILES string of the molecule is CSCCCNc1nc2c([nH]1)c(=O)n(C)c(=O)n2C. The van der Waals surface area contributed by atoms with Gasteiger partial charge in [0.25, 0.3) is 5.56 Å². The third kappa shape index (κ3) is 2.53. The van der Waals surface area contributed by atoms with Gasteiger partial charge >= 0.3 is 5.69 Å². The van der Waals surface area contributed by atoms with Crippen LogP contribution in [0.25, 0.3) is 11.2 Å². The van der Waals surface area contributed by atoms with Crippen molar-refractivity contribution in [1.29, 1.82) is 0 Å². The number of aromatic nitrogens is 4. The van der Waals surface area contributed by atoms with Crippen molar-refractivity contribution in [2.45, 2.75) is 6.42 Å². The zero-order valence-electron chi connectivity index (χ0n) is 11.2. The fourth-order valence-corrected chi connectivity index (χ4v) is 2.27. The number of H-pyrrole nitrogens is 1. The number of nitrogens with one attached hydrogen (secondary N) is 2. The number of nitrogens with zero attached hydrogens (tertiary/aromatic N) is 3. The Morgan fingerprint density at radius 3 is 2.74 bits per heavy atom. The molecule has 0 aromatic carbocycles. The number of hydrogen-bond donors (Lipinski definition) is 2. The van der Waals surface area contributed by atoms with Crippen LogP contribution in [0, 0.1) is 0 Å². The van der Waals surface area contributed by atoms with E-state index < -0.39 is 0 Å². The van der Waals surface area contributed by atoms with E-state index in [1.54, 1.807) is 18.8 Å². The molecule has 0 amide bonds. The summed E-state index contributed by atoms with van der Waals surface area (Å²) in [6.07, 6.45) is 3.07. The number of imidazole rings is 1. The summed E-state index contributed by atoms with van der Waals surface area (Å²) in [5, 5.41) is 3.12. The fraction of sp³-hybridized carbons (Fsp3) is 0.545. The van der Waals surface area contributed by atoms with Crippen molar-refractivity contribution >= 4 is 28.9 Å². The summed E-state index contributed by atoms with van der Waals surface area (Å²) < 4.78 is 2.43. The van der Waals surface area contributed by atoms with E-state index in [9.17, 15) is 9.59 Å². The lowest BCUT2D eigenvalue weighted by atomic mass is 10.5. The molecular weight excluding hydrogens is 266 g/mol. The van der Waals surface area contributed by atoms with Crippen LogP contribution in [0.15, 0.2) is 9.59 Å². The molecule has 2 N–H and O–H groups in total. The van der Waals surface area contributed by atoms with Gasteiger partial charge in [0.1, 0.15) is 0 Å². The van der Waals surface area contributed by atoms with Gasteiger partial charge in [0.2, 0.25) is 5.95 Å². The molecule has 2 rings (SSSR count). The van der Waals surface area contributed by atoms with Crippen molar-refractivity contribution in [2.24, 2.45) is 14.1 Å². The van der Waals surface area contributed by atoms with Gasteiger partial charge in [-0.05, 0) is 18.4 Å². The summed E-state index contributed by atoms with van der Waals surface area (Å²) in [5.74, 6) is 1.59. The van der Waals surface area contributed by atoms with Crippen LogP contribution in [0.5, 0.6) is 0 Å². The van der Waals surface area contributed by atoms with E-state index in [2.05, 4.69) is 21.5 Å². The Hall–Kier alpha value is -1.70. The van der Waals surface area contributed by atoms with Crippen LogP contribution in [-0.4, -0.2) is 37.7 Å². The van der Waals surface area contributed by atoms with Crippen molar-refractivity contribution in [2.75, 3.05) is 23.9 Å². The van der Waals surface area contributed by atoms with E-state index in [0.717, 1.165) is 23.3 Å². The lowest BCUT2D eigenvalue weighted by Crippen LogP contribution is -2.36. The van der Waals surface area contributed by atoms with Crippen LogP contribution >= 0.6 is 11.8 Å². The normalized spacial score (nSPS) is 11.1. The zero-order chi connectivity index (χ0) is 14.0. The molecule has 0 aliphatic carbocycles. The van der Waals surface area contributed by atoms with E-state index in [-0.39, 0.29) is 11.2 Å². The smallest absolute Gasteiger partial charge is 0.332 e. The summed E-state index contributed by atoms with van der Waals surface area (Å²) in [4.78, 5) is 30.9. The molecule has 8 heteroatoms. The first-order valence-electron chi connectivity index (χ1n) is 5.94. The molecule has 104 valence electrons. The minimum atomic E-state index is -0.377. The Labute approximate surface area is 114 Å². The number of fused-ring (bicyclic) bond motifs is 1. The van der Waals surface area contributed by atoms with Gasteiger partial charge in [0.05, 0.1) is 0 Å². The number of anilines is 1. The van der Waals surface area contributed by atoms with E-state index in [1.165, 1.54) is 11.6 Å². The predicted molar refractivity (Wildman–Crippen MR) is 78.1 cm³/mol. The summed E-state index contributed by atoms with van der Waals surface area (Å²) >= 11 is 1.78. The third-order valence-corrected chi connectivity index (χ3v) is 3.61. The van der Waals surface area contributed by atoms with Crippen molar-refractivity contribution < 1.29 is 0 Å². The average molecular weight is 283 g/mol. The van der Waals surface area contributed by atoms with Crippen LogP contribution in [0.4, 0.5) is 5.95 Å². The van der Waals surface area contributed by atoms with Gasteiger partial charge < -0.3 is 10.3 Å². The molecule has 0 atom stereocenters. The van der Waals surface area contributed by atoms with Gasteiger partial charge in [-0.25, -0.2) is 4.79 Å². The quantitative estimate of drug-likeness (QED) is 0.762. The maximum atomic E-state index is 11.9. The maximum Gasteiger partial charge on any atom is 0.332 e. The van der Waals surface area contributed by atoms with Crippen LogP contribution < -0.4 is 16.6 Å². The molecule has 0 unspecified atom stereocenters. The average Bonchev–Trinajstić information content (AvgIpc) is 2.83. The molecule has 0 bridgehead atoms. The summed E-state index contributed by atoms with van der Waals surface area (Å²) in [7, 11) is 3.05. The van der Waals surface area contributed by atoms with Gasteiger partial charge in [-0.3, -0.25) is 13.9 Å². The zero-order valence-corrected chi connectivity index (χ0v) is 12.0. The molecule has 0 aliphatic rings. The van der Waals surface area contributed by atoms with E-state index in [4.69, 9.17) is 0 Å². The first kappa shape index (κ1) is 13.7. The van der Waals surface area contributed by atoms with Gasteiger partial charge in [0.15, 0.2) is 11.2 Å². The van der Waals surface area contributed by atoms with E-state index in [0.29, 0.717) is 17.1 Å². The summed E-state index contributed by atoms with van der Waals surface area (Å²) in [6.45, 7) is 0.773. The highest BCUT2D eigenvalue weighted by molar-refractivity contribution is 7.98. The Bertz CT molecular complexity index is 699. The number of hydrogen-bond acceptors (Lipinski definition) is 5. The largest absolute Gasteiger partial charge is 0.356 e. The Kier molecular flexibility index (Phi) is 3.98. The van der Waals surface area contributed by atoms with Crippen molar-refractivity contribution in [1.82, 2.24) is 19.1 Å². The van der Waals surface area contributed by atoms with Crippen LogP contribution in [0.3, 0.4) is 0 Å². The highest BCUT2D eigenvalue weighted by atomic mass is 32.2. The maximum absolute atomic E-state index is 11.9. The lowest BCUT2D eigenvalue weighted by molar-refractivity contribution is 0.709.